The molecule has 0 bridgehead atoms. The van der Waals surface area contributed by atoms with Gasteiger partial charge in [0.2, 0.25) is 5.91 Å². The first-order valence-corrected chi connectivity index (χ1v) is 5.18. The molecule has 2 N–H and O–H groups in total. The number of amides is 2. The van der Waals surface area contributed by atoms with Crippen LogP contribution in [0.4, 0.5) is 23.2 Å². The molecule has 19 heavy (non-hydrogen) atoms. The van der Waals surface area contributed by atoms with E-state index in [9.17, 15) is 27.2 Å². The molecule has 1 aromatic carbocycles. The molecule has 1 rings (SSSR count). The van der Waals surface area contributed by atoms with Gasteiger partial charge in [-0.3, -0.25) is 9.59 Å². The average molecular weight is 299 g/mol. The van der Waals surface area contributed by atoms with Gasteiger partial charge in [-0.25, -0.2) is 4.39 Å². The topological polar surface area (TPSA) is 58.2 Å². The maximum absolute atomic E-state index is 12.8. The van der Waals surface area contributed by atoms with Gasteiger partial charge in [-0.05, 0) is 18.2 Å². The van der Waals surface area contributed by atoms with E-state index in [0.717, 1.165) is 12.1 Å². The Morgan fingerprint density at radius 1 is 1.26 bits per heavy atom. The van der Waals surface area contributed by atoms with Gasteiger partial charge in [0.05, 0.1) is 11.6 Å². The fraction of sp³-hybridized carbons (Fsp3) is 0.200. The van der Waals surface area contributed by atoms with Crippen LogP contribution >= 0.6 is 11.6 Å². The van der Waals surface area contributed by atoms with Gasteiger partial charge < -0.3 is 10.6 Å². The average Bonchev–Trinajstić information content (AvgIpc) is 2.29. The molecule has 4 nitrogen and oxygen atoms in total. The van der Waals surface area contributed by atoms with Gasteiger partial charge in [0.25, 0.3) is 0 Å². The Hall–Kier alpha value is -1.83. The number of benzene rings is 1. The maximum atomic E-state index is 12.8. The highest BCUT2D eigenvalue weighted by molar-refractivity contribution is 6.31. The summed E-state index contributed by atoms with van der Waals surface area (Å²) in [6.45, 7) is -0.868. The minimum absolute atomic E-state index is 0.0951. The summed E-state index contributed by atoms with van der Waals surface area (Å²) in [6, 6.07) is 3.23. The minimum Gasteiger partial charge on any atom is -0.339 e. The van der Waals surface area contributed by atoms with Crippen molar-refractivity contribution in [3.05, 3.63) is 29.0 Å². The number of anilines is 1. The number of hydrogen-bond acceptors (Lipinski definition) is 2. The Bertz CT molecular complexity index is 505. The van der Waals surface area contributed by atoms with Crippen LogP contribution < -0.4 is 10.6 Å². The lowest BCUT2D eigenvalue weighted by molar-refractivity contribution is -0.173. The van der Waals surface area contributed by atoms with Crippen LogP contribution in [-0.2, 0) is 9.59 Å². The Balaban J connectivity index is 2.52. The maximum Gasteiger partial charge on any atom is 0.471 e. The van der Waals surface area contributed by atoms with Crippen LogP contribution in [0.3, 0.4) is 0 Å². The zero-order chi connectivity index (χ0) is 14.6. The Morgan fingerprint density at radius 2 is 1.89 bits per heavy atom. The molecule has 0 spiro atoms. The summed E-state index contributed by atoms with van der Waals surface area (Å²) in [5, 5.41) is 3.28. The highest BCUT2D eigenvalue weighted by Crippen LogP contribution is 2.19. The van der Waals surface area contributed by atoms with Crippen LogP contribution in [-0.4, -0.2) is 24.5 Å². The van der Waals surface area contributed by atoms with Crippen molar-refractivity contribution in [1.82, 2.24) is 5.32 Å². The van der Waals surface area contributed by atoms with Gasteiger partial charge in [0.15, 0.2) is 0 Å². The molecule has 0 unspecified atom stereocenters. The second-order valence-corrected chi connectivity index (χ2v) is 3.76. The zero-order valence-corrected chi connectivity index (χ0v) is 9.90. The summed E-state index contributed by atoms with van der Waals surface area (Å²) in [4.78, 5) is 21.6. The molecular formula is C10H7ClF4N2O2. The van der Waals surface area contributed by atoms with Crippen LogP contribution in [0.2, 0.25) is 5.02 Å². The highest BCUT2D eigenvalue weighted by atomic mass is 35.5. The molecule has 0 aromatic heterocycles. The molecule has 0 saturated heterocycles. The van der Waals surface area contributed by atoms with Gasteiger partial charge >= 0.3 is 12.1 Å². The zero-order valence-electron chi connectivity index (χ0n) is 9.15. The van der Waals surface area contributed by atoms with Crippen molar-refractivity contribution < 1.29 is 27.2 Å². The van der Waals surface area contributed by atoms with Gasteiger partial charge in [-0.2, -0.15) is 13.2 Å². The second kappa shape index (κ2) is 5.87. The standard InChI is InChI=1S/C10H7ClF4N2O2/c11-6-3-5(1-2-7(6)12)17-8(18)4-16-9(19)10(13,14)15/h1-3H,4H2,(H,16,19)(H,17,18). The smallest absolute Gasteiger partial charge is 0.339 e. The second-order valence-electron chi connectivity index (χ2n) is 3.36. The van der Waals surface area contributed by atoms with E-state index >= 15 is 0 Å². The van der Waals surface area contributed by atoms with Gasteiger partial charge in [-0.1, -0.05) is 11.6 Å². The van der Waals surface area contributed by atoms with E-state index < -0.39 is 30.4 Å². The number of nitrogens with one attached hydrogen (secondary N) is 2. The van der Waals surface area contributed by atoms with Crippen molar-refractivity contribution in [2.75, 3.05) is 11.9 Å². The third-order valence-electron chi connectivity index (χ3n) is 1.87. The van der Waals surface area contributed by atoms with Crippen molar-refractivity contribution in [3.63, 3.8) is 0 Å². The number of carbonyl (C=O) groups is 2. The summed E-state index contributed by atoms with van der Waals surface area (Å²) in [5.74, 6) is -3.83. The van der Waals surface area contributed by atoms with E-state index in [1.165, 1.54) is 11.4 Å². The van der Waals surface area contributed by atoms with Crippen LogP contribution in [0.25, 0.3) is 0 Å². The van der Waals surface area contributed by atoms with Crippen LogP contribution in [0.1, 0.15) is 0 Å². The first kappa shape index (κ1) is 15.2. The molecule has 9 heteroatoms. The largest absolute Gasteiger partial charge is 0.471 e. The van der Waals surface area contributed by atoms with Crippen molar-refractivity contribution >= 4 is 29.1 Å². The minimum atomic E-state index is -5.06. The van der Waals surface area contributed by atoms with Gasteiger partial charge in [0, 0.05) is 5.69 Å². The quantitative estimate of drug-likeness (QED) is 0.840. The molecule has 0 heterocycles. The molecule has 0 fully saturated rings. The van der Waals surface area contributed by atoms with E-state index in [4.69, 9.17) is 11.6 Å². The summed E-state index contributed by atoms with van der Waals surface area (Å²) in [5.41, 5.74) is 0.0951. The molecule has 0 aliphatic carbocycles. The molecule has 0 saturated carbocycles. The molecule has 1 aromatic rings. The van der Waals surface area contributed by atoms with Crippen molar-refractivity contribution in [2.45, 2.75) is 6.18 Å². The van der Waals surface area contributed by atoms with Crippen LogP contribution in [0.15, 0.2) is 18.2 Å². The predicted molar refractivity (Wildman–Crippen MR) is 59.1 cm³/mol. The third kappa shape index (κ3) is 4.74. The van der Waals surface area contributed by atoms with Crippen molar-refractivity contribution in [3.8, 4) is 0 Å². The molecule has 0 aliphatic heterocycles. The molecule has 0 atom stereocenters. The van der Waals surface area contributed by atoms with E-state index in [1.807, 2.05) is 0 Å². The number of hydrogen-bond donors (Lipinski definition) is 2. The normalized spacial score (nSPS) is 11.0. The van der Waals surface area contributed by atoms with Crippen LogP contribution in [0.5, 0.6) is 0 Å². The number of carbonyl (C=O) groups excluding carboxylic acids is 2. The fourth-order valence-electron chi connectivity index (χ4n) is 1.04. The molecular weight excluding hydrogens is 292 g/mol. The Labute approximate surface area is 109 Å². The lowest BCUT2D eigenvalue weighted by Crippen LogP contribution is -2.41. The Morgan fingerprint density at radius 3 is 2.42 bits per heavy atom. The lowest BCUT2D eigenvalue weighted by atomic mass is 10.3. The molecule has 2 amide bonds. The number of alkyl halides is 3. The third-order valence-corrected chi connectivity index (χ3v) is 2.16. The summed E-state index contributed by atoms with van der Waals surface area (Å²) in [7, 11) is 0. The molecule has 0 radical (unpaired) electrons. The number of rotatable bonds is 3. The fourth-order valence-corrected chi connectivity index (χ4v) is 1.22. The van der Waals surface area contributed by atoms with E-state index in [2.05, 4.69) is 5.32 Å². The van der Waals surface area contributed by atoms with Crippen molar-refractivity contribution in [2.24, 2.45) is 0 Å². The van der Waals surface area contributed by atoms with Crippen LogP contribution in [0, 0.1) is 5.82 Å². The summed E-state index contributed by atoms with van der Waals surface area (Å²) >= 11 is 5.44. The molecule has 0 aliphatic rings. The van der Waals surface area contributed by atoms with Gasteiger partial charge in [-0.15, -0.1) is 0 Å². The highest BCUT2D eigenvalue weighted by Gasteiger charge is 2.38. The monoisotopic (exact) mass is 298 g/mol. The first-order chi connectivity index (χ1) is 8.70. The van der Waals surface area contributed by atoms with E-state index in [-0.39, 0.29) is 10.7 Å². The van der Waals surface area contributed by atoms with E-state index in [1.54, 1.807) is 0 Å². The van der Waals surface area contributed by atoms with Gasteiger partial charge in [0.1, 0.15) is 5.82 Å². The SMILES string of the molecule is O=C(CNC(=O)C(F)(F)F)Nc1ccc(F)c(Cl)c1. The predicted octanol–water partition coefficient (Wildman–Crippen LogP) is 2.10. The molecule has 104 valence electrons. The summed E-state index contributed by atoms with van der Waals surface area (Å²) < 4.78 is 48.3. The Kier molecular flexibility index (Phi) is 4.71. The first-order valence-electron chi connectivity index (χ1n) is 4.80. The number of halogens is 5. The van der Waals surface area contributed by atoms with E-state index in [0.29, 0.717) is 0 Å². The van der Waals surface area contributed by atoms with Crippen molar-refractivity contribution in [1.29, 1.82) is 0 Å². The lowest BCUT2D eigenvalue weighted by Gasteiger charge is -2.08. The summed E-state index contributed by atoms with van der Waals surface area (Å²) in [6.07, 6.45) is -5.06.